The van der Waals surface area contributed by atoms with Gasteiger partial charge >= 0.3 is 6.18 Å². The molecule has 0 aliphatic carbocycles. The van der Waals surface area contributed by atoms with Crippen LogP contribution in [0.2, 0.25) is 0 Å². The van der Waals surface area contributed by atoms with Gasteiger partial charge in [0.05, 0.1) is 5.52 Å². The van der Waals surface area contributed by atoms with Crippen LogP contribution in [-0.2, 0) is 6.18 Å². The fourth-order valence-corrected chi connectivity index (χ4v) is 1.28. The Morgan fingerprint density at radius 3 is 2.19 bits per heavy atom. The zero-order valence-corrected chi connectivity index (χ0v) is 7.65. The number of benzene rings is 1. The molecule has 1 aromatic heterocycles. The Hall–Kier alpha value is -1.72. The molecular weight excluding hydrogens is 229 g/mol. The number of halogens is 5. The van der Waals surface area contributed by atoms with Crippen molar-refractivity contribution in [3.8, 4) is 0 Å². The number of hydrogen-bond donors (Lipinski definition) is 0. The van der Waals surface area contributed by atoms with Crippen molar-refractivity contribution >= 4 is 10.9 Å². The summed E-state index contributed by atoms with van der Waals surface area (Å²) in [6, 6.07) is 3.21. The topological polar surface area (TPSA) is 12.9 Å². The third-order valence-electron chi connectivity index (χ3n) is 2.02. The second-order valence-corrected chi connectivity index (χ2v) is 3.15. The second kappa shape index (κ2) is 3.40. The molecule has 0 saturated carbocycles. The van der Waals surface area contributed by atoms with E-state index in [-0.39, 0.29) is 10.9 Å². The molecule has 0 fully saturated rings. The fraction of sp³-hybridized carbons (Fsp3) is 0.100. The van der Waals surface area contributed by atoms with E-state index in [0.29, 0.717) is 6.07 Å². The van der Waals surface area contributed by atoms with Crippen LogP contribution in [0.5, 0.6) is 0 Å². The normalized spacial score (nSPS) is 12.1. The van der Waals surface area contributed by atoms with Crippen LogP contribution in [0.25, 0.3) is 10.9 Å². The van der Waals surface area contributed by atoms with Gasteiger partial charge in [-0.25, -0.2) is 13.8 Å². The van der Waals surface area contributed by atoms with Gasteiger partial charge in [-0.3, -0.25) is 0 Å². The summed E-state index contributed by atoms with van der Waals surface area (Å²) < 4.78 is 62.3. The molecule has 84 valence electrons. The lowest BCUT2D eigenvalue weighted by molar-refractivity contribution is -0.140. The van der Waals surface area contributed by atoms with Gasteiger partial charge in [0.1, 0.15) is 5.69 Å². The van der Waals surface area contributed by atoms with E-state index in [4.69, 9.17) is 0 Å². The van der Waals surface area contributed by atoms with E-state index in [1.807, 2.05) is 0 Å². The predicted octanol–water partition coefficient (Wildman–Crippen LogP) is 3.53. The lowest BCUT2D eigenvalue weighted by Gasteiger charge is -2.06. The second-order valence-electron chi connectivity index (χ2n) is 3.15. The minimum absolute atomic E-state index is 0.118. The summed E-state index contributed by atoms with van der Waals surface area (Å²) >= 11 is 0. The van der Waals surface area contributed by atoms with Crippen molar-refractivity contribution in [3.05, 3.63) is 41.6 Å². The van der Waals surface area contributed by atoms with Gasteiger partial charge in [0, 0.05) is 11.5 Å². The largest absolute Gasteiger partial charge is 0.433 e. The molecule has 2 rings (SSSR count). The number of alkyl halides is 3. The van der Waals surface area contributed by atoms with Crippen LogP contribution in [0.3, 0.4) is 0 Å². The molecule has 0 unspecified atom stereocenters. The number of fused-ring (bicyclic) bond motifs is 1. The van der Waals surface area contributed by atoms with Crippen molar-refractivity contribution in [1.82, 2.24) is 4.98 Å². The maximum atomic E-state index is 12.8. The van der Waals surface area contributed by atoms with Crippen LogP contribution in [-0.4, -0.2) is 4.98 Å². The summed E-state index contributed by atoms with van der Waals surface area (Å²) in [5.74, 6) is -2.34. The molecule has 0 saturated heterocycles. The van der Waals surface area contributed by atoms with E-state index in [2.05, 4.69) is 4.98 Å². The zero-order chi connectivity index (χ0) is 11.9. The van der Waals surface area contributed by atoms with Crippen LogP contribution in [0.15, 0.2) is 24.3 Å². The lowest BCUT2D eigenvalue weighted by atomic mass is 10.2. The van der Waals surface area contributed by atoms with Crippen LogP contribution in [0, 0.1) is 11.6 Å². The Morgan fingerprint density at radius 1 is 0.938 bits per heavy atom. The van der Waals surface area contributed by atoms with Crippen LogP contribution >= 0.6 is 0 Å². The van der Waals surface area contributed by atoms with Crippen molar-refractivity contribution in [1.29, 1.82) is 0 Å². The van der Waals surface area contributed by atoms with Gasteiger partial charge in [-0.2, -0.15) is 13.2 Å². The highest BCUT2D eigenvalue weighted by atomic mass is 19.4. The van der Waals surface area contributed by atoms with Crippen molar-refractivity contribution in [2.75, 3.05) is 0 Å². The van der Waals surface area contributed by atoms with Crippen LogP contribution < -0.4 is 0 Å². The molecule has 1 nitrogen and oxygen atoms in total. The molecule has 0 radical (unpaired) electrons. The van der Waals surface area contributed by atoms with E-state index in [9.17, 15) is 22.0 Å². The Morgan fingerprint density at radius 2 is 1.56 bits per heavy atom. The predicted molar refractivity (Wildman–Crippen MR) is 46.7 cm³/mol. The van der Waals surface area contributed by atoms with Crippen molar-refractivity contribution < 1.29 is 22.0 Å². The third kappa shape index (κ3) is 1.82. The SMILES string of the molecule is Fc1cc2ccc(C(F)(F)F)nc2cc1F. The number of nitrogens with zero attached hydrogens (tertiary/aromatic N) is 1. The van der Waals surface area contributed by atoms with E-state index in [1.165, 1.54) is 0 Å². The Bertz CT molecular complexity index is 547. The first kappa shape index (κ1) is 10.8. The lowest BCUT2D eigenvalue weighted by Crippen LogP contribution is -2.07. The number of aromatic nitrogens is 1. The summed E-state index contributed by atoms with van der Waals surface area (Å²) in [6.45, 7) is 0. The van der Waals surface area contributed by atoms with Gasteiger partial charge in [-0.15, -0.1) is 0 Å². The van der Waals surface area contributed by atoms with Crippen molar-refractivity contribution in [2.24, 2.45) is 0 Å². The highest BCUT2D eigenvalue weighted by Crippen LogP contribution is 2.29. The number of rotatable bonds is 0. The summed E-state index contributed by atoms with van der Waals surface area (Å²) in [4.78, 5) is 3.22. The first-order valence-corrected chi connectivity index (χ1v) is 4.21. The van der Waals surface area contributed by atoms with Gasteiger partial charge in [0.2, 0.25) is 0 Å². The average Bonchev–Trinajstić information content (AvgIpc) is 2.17. The molecule has 16 heavy (non-hydrogen) atoms. The molecule has 1 aromatic carbocycles. The van der Waals surface area contributed by atoms with E-state index in [1.54, 1.807) is 0 Å². The standard InChI is InChI=1S/C10H4F5N/c11-6-3-5-1-2-9(10(13,14)15)16-8(5)4-7(6)12/h1-4H. The molecule has 0 aliphatic heterocycles. The smallest absolute Gasteiger partial charge is 0.243 e. The minimum Gasteiger partial charge on any atom is -0.243 e. The van der Waals surface area contributed by atoms with Crippen molar-refractivity contribution in [2.45, 2.75) is 6.18 Å². The number of hydrogen-bond acceptors (Lipinski definition) is 1. The zero-order valence-electron chi connectivity index (χ0n) is 7.65. The summed E-state index contributed by atoms with van der Waals surface area (Å²) in [5, 5.41) is 0.118. The van der Waals surface area contributed by atoms with E-state index >= 15 is 0 Å². The minimum atomic E-state index is -4.60. The highest BCUT2D eigenvalue weighted by Gasteiger charge is 2.32. The quantitative estimate of drug-likeness (QED) is 0.634. The van der Waals surface area contributed by atoms with E-state index < -0.39 is 23.5 Å². The molecule has 0 amide bonds. The monoisotopic (exact) mass is 233 g/mol. The molecule has 6 heteroatoms. The molecule has 0 spiro atoms. The molecule has 2 aromatic rings. The average molecular weight is 233 g/mol. The van der Waals surface area contributed by atoms with Gasteiger partial charge < -0.3 is 0 Å². The first-order valence-electron chi connectivity index (χ1n) is 4.21. The number of pyridine rings is 1. The van der Waals surface area contributed by atoms with Crippen LogP contribution in [0.1, 0.15) is 5.69 Å². The Labute approximate surface area is 86.5 Å². The highest BCUT2D eigenvalue weighted by molar-refractivity contribution is 5.78. The molecule has 0 aliphatic rings. The van der Waals surface area contributed by atoms with Gasteiger partial charge in [-0.05, 0) is 12.1 Å². The Balaban J connectivity index is 2.67. The van der Waals surface area contributed by atoms with Gasteiger partial charge in [0.15, 0.2) is 11.6 Å². The summed E-state index contributed by atoms with van der Waals surface area (Å²) in [6.07, 6.45) is -4.60. The third-order valence-corrected chi connectivity index (χ3v) is 2.02. The maximum Gasteiger partial charge on any atom is 0.433 e. The molecular formula is C10H4F5N. The van der Waals surface area contributed by atoms with Crippen molar-refractivity contribution in [3.63, 3.8) is 0 Å². The van der Waals surface area contributed by atoms with Gasteiger partial charge in [0.25, 0.3) is 0 Å². The fourth-order valence-electron chi connectivity index (χ4n) is 1.28. The Kier molecular flexibility index (Phi) is 2.29. The first-order chi connectivity index (χ1) is 7.38. The summed E-state index contributed by atoms with van der Waals surface area (Å²) in [7, 11) is 0. The molecule has 1 heterocycles. The maximum absolute atomic E-state index is 12.8. The molecule has 0 atom stereocenters. The van der Waals surface area contributed by atoms with Gasteiger partial charge in [-0.1, -0.05) is 6.07 Å². The molecule has 0 bridgehead atoms. The van der Waals surface area contributed by atoms with E-state index in [0.717, 1.165) is 18.2 Å². The summed E-state index contributed by atoms with van der Waals surface area (Å²) in [5.41, 5.74) is -1.36. The van der Waals surface area contributed by atoms with Crippen LogP contribution in [0.4, 0.5) is 22.0 Å². The molecule has 0 N–H and O–H groups in total.